The normalized spacial score (nSPS) is 18.5. The number of piperazine rings is 1. The molecule has 0 aliphatic carbocycles. The molecule has 1 aliphatic heterocycles. The van der Waals surface area contributed by atoms with Gasteiger partial charge in [0.2, 0.25) is 0 Å². The molecule has 0 aromatic heterocycles. The first kappa shape index (κ1) is 16.4. The molecule has 5 heteroatoms. The molecular formula is C16H25ClN2O2. The number of benzene rings is 1. The van der Waals surface area contributed by atoms with Gasteiger partial charge in [-0.3, -0.25) is 4.90 Å². The molecular weight excluding hydrogens is 288 g/mol. The van der Waals surface area contributed by atoms with Crippen LogP contribution in [0.25, 0.3) is 0 Å². The lowest BCUT2D eigenvalue weighted by molar-refractivity contribution is 0.137. The van der Waals surface area contributed by atoms with Gasteiger partial charge in [0.05, 0.1) is 19.6 Å². The van der Waals surface area contributed by atoms with Gasteiger partial charge < -0.3 is 14.4 Å². The number of methoxy groups -OCH3 is 2. The van der Waals surface area contributed by atoms with Crippen molar-refractivity contribution in [2.24, 2.45) is 0 Å². The second kappa shape index (κ2) is 7.87. The van der Waals surface area contributed by atoms with Gasteiger partial charge in [0.25, 0.3) is 0 Å². The molecule has 1 aliphatic rings. The zero-order chi connectivity index (χ0) is 15.2. The van der Waals surface area contributed by atoms with Crippen molar-refractivity contribution in [2.75, 3.05) is 53.5 Å². The number of alkyl halides is 1. The summed E-state index contributed by atoms with van der Waals surface area (Å²) in [5.74, 6) is 1.58. The fourth-order valence-corrected chi connectivity index (χ4v) is 3.07. The van der Waals surface area contributed by atoms with Gasteiger partial charge in [-0.15, -0.1) is 11.6 Å². The Balaban J connectivity index is 1.98. The molecule has 118 valence electrons. The van der Waals surface area contributed by atoms with Crippen LogP contribution in [0, 0.1) is 0 Å². The van der Waals surface area contributed by atoms with Gasteiger partial charge in [-0.25, -0.2) is 0 Å². The zero-order valence-electron chi connectivity index (χ0n) is 13.1. The second-order valence-corrected chi connectivity index (χ2v) is 5.84. The molecule has 0 spiro atoms. The largest absolute Gasteiger partial charge is 0.497 e. The number of rotatable bonds is 6. The van der Waals surface area contributed by atoms with E-state index in [0.717, 1.165) is 56.3 Å². The van der Waals surface area contributed by atoms with Crippen LogP contribution in [0.2, 0.25) is 0 Å². The van der Waals surface area contributed by atoms with E-state index in [1.807, 2.05) is 18.2 Å². The van der Waals surface area contributed by atoms with Crippen molar-refractivity contribution in [3.05, 3.63) is 23.8 Å². The van der Waals surface area contributed by atoms with Crippen molar-refractivity contribution in [2.45, 2.75) is 12.3 Å². The van der Waals surface area contributed by atoms with E-state index in [1.165, 1.54) is 0 Å². The fourth-order valence-electron chi connectivity index (χ4n) is 2.69. The Hall–Kier alpha value is -0.970. The average Bonchev–Trinajstić information content (AvgIpc) is 2.54. The Kier molecular flexibility index (Phi) is 6.15. The van der Waals surface area contributed by atoms with E-state index in [1.54, 1.807) is 14.2 Å². The smallest absolute Gasteiger partial charge is 0.127 e. The maximum atomic E-state index is 6.61. The first-order valence-corrected chi connectivity index (χ1v) is 7.92. The molecule has 1 aromatic rings. The predicted octanol–water partition coefficient (Wildman–Crippen LogP) is 2.62. The van der Waals surface area contributed by atoms with E-state index in [9.17, 15) is 0 Å². The van der Waals surface area contributed by atoms with Crippen molar-refractivity contribution in [3.8, 4) is 11.5 Å². The standard InChI is InChI=1S/C16H25ClN2O2/c1-4-18-7-9-19(10-8-18)12-15(17)14-6-5-13(20-2)11-16(14)21-3/h5-6,11,15H,4,7-10,12H2,1-3H3. The maximum absolute atomic E-state index is 6.61. The molecule has 4 nitrogen and oxygen atoms in total. The summed E-state index contributed by atoms with van der Waals surface area (Å²) in [6, 6.07) is 5.82. The molecule has 1 aromatic carbocycles. The van der Waals surface area contributed by atoms with Crippen LogP contribution in [0.4, 0.5) is 0 Å². The lowest BCUT2D eigenvalue weighted by atomic mass is 10.1. The molecule has 0 radical (unpaired) electrons. The third kappa shape index (κ3) is 4.25. The van der Waals surface area contributed by atoms with Crippen LogP contribution in [0.1, 0.15) is 17.9 Å². The first-order valence-electron chi connectivity index (χ1n) is 7.48. The Labute approximate surface area is 132 Å². The topological polar surface area (TPSA) is 24.9 Å². The Morgan fingerprint density at radius 3 is 2.33 bits per heavy atom. The molecule has 1 fully saturated rings. The molecule has 21 heavy (non-hydrogen) atoms. The average molecular weight is 313 g/mol. The minimum Gasteiger partial charge on any atom is -0.497 e. The van der Waals surface area contributed by atoms with Crippen molar-refractivity contribution >= 4 is 11.6 Å². The van der Waals surface area contributed by atoms with Gasteiger partial charge in [-0.05, 0) is 12.6 Å². The van der Waals surface area contributed by atoms with Crippen LogP contribution >= 0.6 is 11.6 Å². The monoisotopic (exact) mass is 312 g/mol. The van der Waals surface area contributed by atoms with E-state index >= 15 is 0 Å². The van der Waals surface area contributed by atoms with Crippen LogP contribution in [0.3, 0.4) is 0 Å². The van der Waals surface area contributed by atoms with Gasteiger partial charge in [0.15, 0.2) is 0 Å². The van der Waals surface area contributed by atoms with Gasteiger partial charge >= 0.3 is 0 Å². The quantitative estimate of drug-likeness (QED) is 0.754. The van der Waals surface area contributed by atoms with Gasteiger partial charge in [0.1, 0.15) is 11.5 Å². The maximum Gasteiger partial charge on any atom is 0.127 e. The van der Waals surface area contributed by atoms with Crippen molar-refractivity contribution in [3.63, 3.8) is 0 Å². The lowest BCUT2D eigenvalue weighted by Gasteiger charge is -2.35. The summed E-state index contributed by atoms with van der Waals surface area (Å²) >= 11 is 6.61. The van der Waals surface area contributed by atoms with Gasteiger partial charge in [0, 0.05) is 44.4 Å². The predicted molar refractivity (Wildman–Crippen MR) is 86.7 cm³/mol. The summed E-state index contributed by atoms with van der Waals surface area (Å²) in [6.45, 7) is 8.60. The van der Waals surface area contributed by atoms with Crippen molar-refractivity contribution in [1.29, 1.82) is 0 Å². The Morgan fingerprint density at radius 1 is 1.10 bits per heavy atom. The SMILES string of the molecule is CCN1CCN(CC(Cl)c2ccc(OC)cc2OC)CC1. The van der Waals surface area contributed by atoms with Crippen LogP contribution < -0.4 is 9.47 Å². The van der Waals surface area contributed by atoms with E-state index in [-0.39, 0.29) is 5.38 Å². The van der Waals surface area contributed by atoms with Crippen molar-refractivity contribution in [1.82, 2.24) is 9.80 Å². The lowest BCUT2D eigenvalue weighted by Crippen LogP contribution is -2.46. The second-order valence-electron chi connectivity index (χ2n) is 5.31. The van der Waals surface area contributed by atoms with Gasteiger partial charge in [-0.2, -0.15) is 0 Å². The van der Waals surface area contributed by atoms with Crippen LogP contribution in [-0.4, -0.2) is 63.3 Å². The number of ether oxygens (including phenoxy) is 2. The number of halogens is 1. The third-order valence-electron chi connectivity index (χ3n) is 4.11. The summed E-state index contributed by atoms with van der Waals surface area (Å²) < 4.78 is 10.7. The third-order valence-corrected chi connectivity index (χ3v) is 4.48. The molecule has 0 bridgehead atoms. The van der Waals surface area contributed by atoms with E-state index < -0.39 is 0 Å². The Morgan fingerprint density at radius 2 is 1.76 bits per heavy atom. The highest BCUT2D eigenvalue weighted by Crippen LogP contribution is 2.33. The van der Waals surface area contributed by atoms with E-state index in [4.69, 9.17) is 21.1 Å². The molecule has 0 saturated carbocycles. The van der Waals surface area contributed by atoms with Crippen LogP contribution in [0.5, 0.6) is 11.5 Å². The number of hydrogen-bond acceptors (Lipinski definition) is 4. The van der Waals surface area contributed by atoms with Gasteiger partial charge in [-0.1, -0.05) is 13.0 Å². The Bertz CT molecular complexity index is 448. The summed E-state index contributed by atoms with van der Waals surface area (Å²) in [5, 5.41) is -0.0703. The minimum absolute atomic E-state index is 0.0703. The summed E-state index contributed by atoms with van der Waals surface area (Å²) in [6.07, 6.45) is 0. The number of nitrogens with zero attached hydrogens (tertiary/aromatic N) is 2. The molecule has 1 heterocycles. The minimum atomic E-state index is -0.0703. The summed E-state index contributed by atoms with van der Waals surface area (Å²) in [5.41, 5.74) is 1.03. The highest BCUT2D eigenvalue weighted by atomic mass is 35.5. The highest BCUT2D eigenvalue weighted by Gasteiger charge is 2.21. The molecule has 1 unspecified atom stereocenters. The van der Waals surface area contributed by atoms with Crippen LogP contribution in [0.15, 0.2) is 18.2 Å². The molecule has 0 N–H and O–H groups in total. The van der Waals surface area contributed by atoms with E-state index in [0.29, 0.717) is 0 Å². The van der Waals surface area contributed by atoms with Crippen LogP contribution in [-0.2, 0) is 0 Å². The summed E-state index contributed by atoms with van der Waals surface area (Å²) in [7, 11) is 3.32. The molecule has 0 amide bonds. The molecule has 1 saturated heterocycles. The fraction of sp³-hybridized carbons (Fsp3) is 0.625. The van der Waals surface area contributed by atoms with E-state index in [2.05, 4.69) is 16.7 Å². The zero-order valence-corrected chi connectivity index (χ0v) is 13.9. The highest BCUT2D eigenvalue weighted by molar-refractivity contribution is 6.21. The molecule has 1 atom stereocenters. The summed E-state index contributed by atoms with van der Waals surface area (Å²) in [4.78, 5) is 4.89. The first-order chi connectivity index (χ1) is 10.2. The van der Waals surface area contributed by atoms with Crippen molar-refractivity contribution < 1.29 is 9.47 Å². The molecule has 2 rings (SSSR count). The number of hydrogen-bond donors (Lipinski definition) is 0. The number of likely N-dealkylation sites (N-methyl/N-ethyl adjacent to an activating group) is 1.